The number of aryl methyl sites for hydroxylation is 1. The molecule has 7 nitrogen and oxygen atoms in total. The summed E-state index contributed by atoms with van der Waals surface area (Å²) in [5.74, 6) is -1.13. The highest BCUT2D eigenvalue weighted by Gasteiger charge is 2.19. The van der Waals surface area contributed by atoms with Gasteiger partial charge in [0.25, 0.3) is 15.9 Å². The molecule has 0 aliphatic carbocycles. The number of likely N-dealkylation sites (N-methyl/N-ethyl adjacent to an activating group) is 1. The van der Waals surface area contributed by atoms with Crippen LogP contribution in [0.3, 0.4) is 0 Å². The smallest absolute Gasteiger partial charge is 0.338 e. The quantitative estimate of drug-likeness (QED) is 0.520. The Labute approximate surface area is 185 Å². The van der Waals surface area contributed by atoms with Gasteiger partial charge in [-0.15, -0.1) is 0 Å². The van der Waals surface area contributed by atoms with Crippen molar-refractivity contribution >= 4 is 38.9 Å². The molecular weight excluding hydrogens is 436 g/mol. The summed E-state index contributed by atoms with van der Waals surface area (Å²) in [5.41, 5.74) is 2.37. The van der Waals surface area contributed by atoms with Crippen LogP contribution in [-0.4, -0.2) is 38.8 Å². The number of thiophene rings is 1. The summed E-state index contributed by atoms with van der Waals surface area (Å²) in [7, 11) is -2.27. The van der Waals surface area contributed by atoms with Crippen molar-refractivity contribution in [3.63, 3.8) is 0 Å². The number of benzene rings is 2. The molecule has 1 heterocycles. The van der Waals surface area contributed by atoms with Crippen LogP contribution in [0.1, 0.15) is 21.5 Å². The molecule has 0 spiro atoms. The lowest BCUT2D eigenvalue weighted by molar-refractivity contribution is -0.133. The van der Waals surface area contributed by atoms with Crippen molar-refractivity contribution in [1.82, 2.24) is 4.90 Å². The van der Waals surface area contributed by atoms with Gasteiger partial charge in [0.1, 0.15) is 0 Å². The molecule has 1 N–H and O–H groups in total. The highest BCUT2D eigenvalue weighted by molar-refractivity contribution is 7.92. The average molecular weight is 459 g/mol. The zero-order valence-corrected chi connectivity index (χ0v) is 18.7. The Balaban J connectivity index is 1.63. The van der Waals surface area contributed by atoms with Crippen LogP contribution in [0.15, 0.2) is 70.3 Å². The van der Waals surface area contributed by atoms with Crippen molar-refractivity contribution in [2.75, 3.05) is 18.4 Å². The van der Waals surface area contributed by atoms with Crippen molar-refractivity contribution in [3.05, 3.63) is 82.0 Å². The number of nitrogens with one attached hydrogen (secondary N) is 1. The van der Waals surface area contributed by atoms with Crippen molar-refractivity contribution < 1.29 is 22.7 Å². The van der Waals surface area contributed by atoms with Gasteiger partial charge in [0.05, 0.1) is 10.5 Å². The summed E-state index contributed by atoms with van der Waals surface area (Å²) in [5, 5.41) is 3.86. The third kappa shape index (κ3) is 6.16. The number of carbonyl (C=O) groups excluding carboxylic acids is 2. The maximum atomic E-state index is 12.7. The van der Waals surface area contributed by atoms with E-state index in [1.54, 1.807) is 25.2 Å². The molecule has 0 bridgehead atoms. The molecule has 0 saturated heterocycles. The first kappa shape index (κ1) is 22.5. The topological polar surface area (TPSA) is 92.8 Å². The first-order valence-corrected chi connectivity index (χ1v) is 11.8. The Morgan fingerprint density at radius 2 is 1.87 bits per heavy atom. The van der Waals surface area contributed by atoms with E-state index in [9.17, 15) is 18.0 Å². The lowest BCUT2D eigenvalue weighted by Gasteiger charge is -2.16. The van der Waals surface area contributed by atoms with E-state index < -0.39 is 22.6 Å². The van der Waals surface area contributed by atoms with Crippen molar-refractivity contribution in [3.8, 4) is 0 Å². The molecule has 3 rings (SSSR count). The molecule has 162 valence electrons. The SMILES string of the molecule is Cc1cccc(NS(=O)(=O)c2cccc(C(=O)OCC(=O)N(C)Cc3ccsc3)c2)c1. The van der Waals surface area contributed by atoms with Gasteiger partial charge in [0.2, 0.25) is 0 Å². The molecule has 31 heavy (non-hydrogen) atoms. The van der Waals surface area contributed by atoms with Crippen LogP contribution in [0.5, 0.6) is 0 Å². The molecule has 3 aromatic rings. The number of anilines is 1. The predicted molar refractivity (Wildman–Crippen MR) is 120 cm³/mol. The van der Waals surface area contributed by atoms with Gasteiger partial charge < -0.3 is 9.64 Å². The van der Waals surface area contributed by atoms with Gasteiger partial charge in [0.15, 0.2) is 6.61 Å². The standard InChI is InChI=1S/C22H22N2O5S2/c1-16-5-3-7-19(11-16)23-31(27,28)20-8-4-6-18(12-20)22(26)29-14-21(25)24(2)13-17-9-10-30-15-17/h3-12,15,23H,13-14H2,1-2H3. The average Bonchev–Trinajstić information content (AvgIpc) is 3.24. The van der Waals surface area contributed by atoms with E-state index in [1.807, 2.05) is 29.8 Å². The summed E-state index contributed by atoms with van der Waals surface area (Å²) in [6.45, 7) is 1.84. The van der Waals surface area contributed by atoms with Gasteiger partial charge in [-0.25, -0.2) is 13.2 Å². The fourth-order valence-corrected chi connectivity index (χ4v) is 4.53. The fraction of sp³-hybridized carbons (Fsp3) is 0.182. The van der Waals surface area contributed by atoms with E-state index in [1.165, 1.54) is 40.5 Å². The largest absolute Gasteiger partial charge is 0.452 e. The van der Waals surface area contributed by atoms with Crippen molar-refractivity contribution in [2.24, 2.45) is 0 Å². The Bertz CT molecular complexity index is 1170. The van der Waals surface area contributed by atoms with Gasteiger partial charge in [-0.2, -0.15) is 11.3 Å². The van der Waals surface area contributed by atoms with E-state index in [0.717, 1.165) is 11.1 Å². The van der Waals surface area contributed by atoms with Gasteiger partial charge in [0, 0.05) is 19.3 Å². The minimum Gasteiger partial charge on any atom is -0.452 e. The third-order valence-electron chi connectivity index (χ3n) is 4.40. The minimum atomic E-state index is -3.89. The second-order valence-electron chi connectivity index (χ2n) is 6.96. The Morgan fingerprint density at radius 3 is 2.58 bits per heavy atom. The van der Waals surface area contributed by atoms with Gasteiger partial charge in [-0.1, -0.05) is 18.2 Å². The molecular formula is C22H22N2O5S2. The first-order valence-electron chi connectivity index (χ1n) is 9.36. The molecule has 0 aliphatic rings. The number of rotatable bonds is 8. The van der Waals surface area contributed by atoms with Crippen LogP contribution >= 0.6 is 11.3 Å². The Kier molecular flexibility index (Phi) is 7.09. The van der Waals surface area contributed by atoms with Crippen LogP contribution < -0.4 is 4.72 Å². The normalized spacial score (nSPS) is 11.0. The lowest BCUT2D eigenvalue weighted by Crippen LogP contribution is -2.30. The van der Waals surface area contributed by atoms with Crippen molar-refractivity contribution in [2.45, 2.75) is 18.4 Å². The summed E-state index contributed by atoms with van der Waals surface area (Å²) in [6, 6.07) is 14.3. The molecule has 0 atom stereocenters. The van der Waals surface area contributed by atoms with E-state index in [-0.39, 0.29) is 16.4 Å². The number of nitrogens with zero attached hydrogens (tertiary/aromatic N) is 1. The molecule has 1 amide bonds. The second kappa shape index (κ2) is 9.76. The molecule has 0 aliphatic heterocycles. The van der Waals surface area contributed by atoms with E-state index >= 15 is 0 Å². The van der Waals surface area contributed by atoms with Gasteiger partial charge >= 0.3 is 5.97 Å². The Hall–Kier alpha value is -3.17. The lowest BCUT2D eigenvalue weighted by atomic mass is 10.2. The molecule has 1 aromatic heterocycles. The van der Waals surface area contributed by atoms with Crippen LogP contribution in [0.4, 0.5) is 5.69 Å². The number of ether oxygens (including phenoxy) is 1. The van der Waals surface area contributed by atoms with Crippen LogP contribution in [0.2, 0.25) is 0 Å². The molecule has 0 radical (unpaired) electrons. The molecule has 0 fully saturated rings. The highest BCUT2D eigenvalue weighted by Crippen LogP contribution is 2.18. The first-order chi connectivity index (χ1) is 14.7. The van der Waals surface area contributed by atoms with Crippen LogP contribution in [-0.2, 0) is 26.1 Å². The number of carbonyl (C=O) groups is 2. The third-order valence-corrected chi connectivity index (χ3v) is 6.51. The number of amides is 1. The fourth-order valence-electron chi connectivity index (χ4n) is 2.78. The molecule has 0 saturated carbocycles. The zero-order valence-electron chi connectivity index (χ0n) is 17.1. The molecule has 0 unspecified atom stereocenters. The molecule has 9 heteroatoms. The van der Waals surface area contributed by atoms with Crippen LogP contribution in [0, 0.1) is 6.92 Å². The Morgan fingerprint density at radius 1 is 1.10 bits per heavy atom. The second-order valence-corrected chi connectivity index (χ2v) is 9.42. The number of esters is 1. The molecule has 2 aromatic carbocycles. The van der Waals surface area contributed by atoms with Crippen molar-refractivity contribution in [1.29, 1.82) is 0 Å². The summed E-state index contributed by atoms with van der Waals surface area (Å²) < 4.78 is 32.9. The van der Waals surface area contributed by atoms with Crippen LogP contribution in [0.25, 0.3) is 0 Å². The number of sulfonamides is 1. The zero-order chi connectivity index (χ0) is 22.4. The maximum Gasteiger partial charge on any atom is 0.338 e. The maximum absolute atomic E-state index is 12.7. The number of hydrogen-bond donors (Lipinski definition) is 1. The van der Waals surface area contributed by atoms with E-state index in [2.05, 4.69) is 4.72 Å². The summed E-state index contributed by atoms with van der Waals surface area (Å²) in [6.07, 6.45) is 0. The monoisotopic (exact) mass is 458 g/mol. The van der Waals surface area contributed by atoms with E-state index in [4.69, 9.17) is 4.74 Å². The van der Waals surface area contributed by atoms with E-state index in [0.29, 0.717) is 12.2 Å². The minimum absolute atomic E-state index is 0.0420. The summed E-state index contributed by atoms with van der Waals surface area (Å²) in [4.78, 5) is 26.0. The summed E-state index contributed by atoms with van der Waals surface area (Å²) >= 11 is 1.54. The highest BCUT2D eigenvalue weighted by atomic mass is 32.2. The van der Waals surface area contributed by atoms with Gasteiger partial charge in [-0.05, 0) is 65.2 Å². The number of hydrogen-bond acceptors (Lipinski definition) is 6. The predicted octanol–water partition coefficient (Wildman–Crippen LogP) is 3.67. The van der Waals surface area contributed by atoms with Gasteiger partial charge in [-0.3, -0.25) is 9.52 Å².